The van der Waals surface area contributed by atoms with E-state index >= 15 is 0 Å². The second-order valence-electron chi connectivity index (χ2n) is 7.53. The molecule has 2 heterocycles. The molecule has 2 amide bonds. The third kappa shape index (κ3) is 4.60. The van der Waals surface area contributed by atoms with Gasteiger partial charge in [-0.25, -0.2) is 0 Å². The van der Waals surface area contributed by atoms with Crippen LogP contribution >= 0.6 is 0 Å². The minimum atomic E-state index is -0.0309. The number of nitrogens with zero attached hydrogens (tertiary/aromatic N) is 1. The molecule has 2 N–H and O–H groups in total. The molecule has 0 bridgehead atoms. The normalized spacial score (nSPS) is 23.5. The number of likely N-dealkylation sites (tertiary alicyclic amines) is 1. The molecule has 3 rings (SSSR count). The summed E-state index contributed by atoms with van der Waals surface area (Å²) in [6.45, 7) is 7.17. The van der Waals surface area contributed by atoms with Crippen molar-refractivity contribution in [3.63, 3.8) is 0 Å². The Bertz CT molecular complexity index is 618. The summed E-state index contributed by atoms with van der Waals surface area (Å²) in [5, 5.41) is 6.30. The predicted octanol–water partition coefficient (Wildman–Crippen LogP) is 2.02. The molecule has 5 heteroatoms. The molecule has 0 aromatic heterocycles. The van der Waals surface area contributed by atoms with Gasteiger partial charge in [-0.05, 0) is 64.1 Å². The molecule has 0 aliphatic carbocycles. The summed E-state index contributed by atoms with van der Waals surface area (Å²) in [6.07, 6.45) is 4.06. The third-order valence-electron chi connectivity index (χ3n) is 5.22. The summed E-state index contributed by atoms with van der Waals surface area (Å²) in [4.78, 5) is 26.9. The fraction of sp³-hybridized carbons (Fsp3) is 0.600. The van der Waals surface area contributed by atoms with Gasteiger partial charge in [-0.2, -0.15) is 0 Å². The molecule has 5 nitrogen and oxygen atoms in total. The molecule has 25 heavy (non-hydrogen) atoms. The average Bonchev–Trinajstić information content (AvgIpc) is 3.13. The smallest absolute Gasteiger partial charge is 0.253 e. The zero-order chi connectivity index (χ0) is 17.8. The summed E-state index contributed by atoms with van der Waals surface area (Å²) in [7, 11) is 0. The van der Waals surface area contributed by atoms with Gasteiger partial charge in [0.25, 0.3) is 5.91 Å². The average molecular weight is 343 g/mol. The van der Waals surface area contributed by atoms with Crippen LogP contribution in [0.4, 0.5) is 0 Å². The molecule has 2 saturated heterocycles. The lowest BCUT2D eigenvalue weighted by Gasteiger charge is -2.33. The molecule has 2 atom stereocenters. The van der Waals surface area contributed by atoms with Crippen molar-refractivity contribution in [2.75, 3.05) is 26.2 Å². The highest BCUT2D eigenvalue weighted by Crippen LogP contribution is 2.19. The Labute approximate surface area is 150 Å². The van der Waals surface area contributed by atoms with Gasteiger partial charge in [0.1, 0.15) is 0 Å². The van der Waals surface area contributed by atoms with E-state index in [4.69, 9.17) is 0 Å². The van der Waals surface area contributed by atoms with Crippen LogP contribution in [0.25, 0.3) is 0 Å². The van der Waals surface area contributed by atoms with Gasteiger partial charge in [0.15, 0.2) is 0 Å². The number of amides is 2. The number of carbonyl (C=O) groups is 2. The Balaban J connectivity index is 1.55. The molecule has 0 saturated carbocycles. The van der Waals surface area contributed by atoms with Gasteiger partial charge in [-0.1, -0.05) is 17.2 Å². The van der Waals surface area contributed by atoms with Crippen molar-refractivity contribution in [1.29, 1.82) is 0 Å². The lowest BCUT2D eigenvalue weighted by Crippen LogP contribution is -2.46. The maximum absolute atomic E-state index is 12.8. The highest BCUT2D eigenvalue weighted by atomic mass is 16.2. The van der Waals surface area contributed by atoms with E-state index in [1.54, 1.807) is 0 Å². The van der Waals surface area contributed by atoms with Gasteiger partial charge < -0.3 is 15.5 Å². The largest absolute Gasteiger partial charge is 0.354 e. The van der Waals surface area contributed by atoms with Crippen LogP contribution in [0.2, 0.25) is 0 Å². The third-order valence-corrected chi connectivity index (χ3v) is 5.22. The first-order chi connectivity index (χ1) is 12.0. The molecule has 0 spiro atoms. The Morgan fingerprint density at radius 1 is 1.16 bits per heavy atom. The Hall–Kier alpha value is -1.88. The number of nitrogens with one attached hydrogen (secondary N) is 2. The van der Waals surface area contributed by atoms with E-state index in [9.17, 15) is 9.59 Å². The van der Waals surface area contributed by atoms with Crippen molar-refractivity contribution in [1.82, 2.24) is 15.5 Å². The molecular formula is C20H29N3O2. The van der Waals surface area contributed by atoms with Crippen LogP contribution in [0.15, 0.2) is 18.2 Å². The summed E-state index contributed by atoms with van der Waals surface area (Å²) < 4.78 is 0. The van der Waals surface area contributed by atoms with Crippen molar-refractivity contribution in [3.8, 4) is 0 Å². The molecule has 2 unspecified atom stereocenters. The summed E-state index contributed by atoms with van der Waals surface area (Å²) in [6, 6.07) is 5.98. The van der Waals surface area contributed by atoms with E-state index in [2.05, 4.69) is 16.7 Å². The van der Waals surface area contributed by atoms with E-state index in [-0.39, 0.29) is 17.9 Å². The molecule has 2 fully saturated rings. The Kier molecular flexibility index (Phi) is 5.74. The number of hydrogen-bond donors (Lipinski definition) is 2. The number of hydrogen-bond acceptors (Lipinski definition) is 3. The summed E-state index contributed by atoms with van der Waals surface area (Å²) in [5.74, 6) is 0.560. The van der Waals surface area contributed by atoms with Crippen LogP contribution < -0.4 is 10.6 Å². The van der Waals surface area contributed by atoms with E-state index in [1.807, 2.05) is 30.9 Å². The standard InChI is InChI=1S/C20H29N3O2/c1-14-9-15(2)11-17(10-14)20(25)23-8-4-5-16(13-23)12-22-19(24)18-6-3-7-21-18/h9-11,16,18,21H,3-8,12-13H2,1-2H3,(H,22,24). The number of benzene rings is 1. The fourth-order valence-corrected chi connectivity index (χ4v) is 3.97. The quantitative estimate of drug-likeness (QED) is 0.879. The molecule has 2 aliphatic rings. The highest BCUT2D eigenvalue weighted by molar-refractivity contribution is 5.94. The monoisotopic (exact) mass is 343 g/mol. The van der Waals surface area contributed by atoms with Gasteiger partial charge in [-0.3, -0.25) is 9.59 Å². The van der Waals surface area contributed by atoms with Crippen molar-refractivity contribution in [3.05, 3.63) is 34.9 Å². The molecule has 0 radical (unpaired) electrons. The van der Waals surface area contributed by atoms with Crippen LogP contribution in [-0.4, -0.2) is 48.9 Å². The zero-order valence-corrected chi connectivity index (χ0v) is 15.3. The van der Waals surface area contributed by atoms with Gasteiger partial charge in [0.05, 0.1) is 6.04 Å². The van der Waals surface area contributed by atoms with Crippen molar-refractivity contribution in [2.24, 2.45) is 5.92 Å². The van der Waals surface area contributed by atoms with Gasteiger partial charge >= 0.3 is 0 Å². The van der Waals surface area contributed by atoms with Gasteiger partial charge in [-0.15, -0.1) is 0 Å². The second-order valence-corrected chi connectivity index (χ2v) is 7.53. The van der Waals surface area contributed by atoms with Crippen molar-refractivity contribution >= 4 is 11.8 Å². The molecule has 1 aromatic rings. The lowest BCUT2D eigenvalue weighted by atomic mass is 9.96. The maximum atomic E-state index is 12.8. The molecule has 2 aliphatic heterocycles. The van der Waals surface area contributed by atoms with Gasteiger partial charge in [0.2, 0.25) is 5.91 Å². The fourth-order valence-electron chi connectivity index (χ4n) is 3.97. The predicted molar refractivity (Wildman–Crippen MR) is 98.6 cm³/mol. The second kappa shape index (κ2) is 8.00. The van der Waals surface area contributed by atoms with E-state index in [0.717, 1.165) is 62.0 Å². The van der Waals surface area contributed by atoms with Gasteiger partial charge in [0, 0.05) is 25.2 Å². The first-order valence-corrected chi connectivity index (χ1v) is 9.41. The first kappa shape index (κ1) is 17.9. The Morgan fingerprint density at radius 2 is 1.92 bits per heavy atom. The maximum Gasteiger partial charge on any atom is 0.253 e. The number of aryl methyl sites for hydroxylation is 2. The molecule has 1 aromatic carbocycles. The minimum absolute atomic E-state index is 0.0309. The Morgan fingerprint density at radius 3 is 2.60 bits per heavy atom. The van der Waals surface area contributed by atoms with E-state index < -0.39 is 0 Å². The van der Waals surface area contributed by atoms with Crippen LogP contribution in [0.3, 0.4) is 0 Å². The number of carbonyl (C=O) groups excluding carboxylic acids is 2. The van der Waals surface area contributed by atoms with Crippen LogP contribution in [-0.2, 0) is 4.79 Å². The van der Waals surface area contributed by atoms with E-state index in [0.29, 0.717) is 12.5 Å². The summed E-state index contributed by atoms with van der Waals surface area (Å²) in [5.41, 5.74) is 3.01. The first-order valence-electron chi connectivity index (χ1n) is 9.41. The minimum Gasteiger partial charge on any atom is -0.354 e. The highest BCUT2D eigenvalue weighted by Gasteiger charge is 2.27. The van der Waals surface area contributed by atoms with Crippen molar-refractivity contribution in [2.45, 2.75) is 45.6 Å². The van der Waals surface area contributed by atoms with Crippen LogP contribution in [0.1, 0.15) is 47.2 Å². The summed E-state index contributed by atoms with van der Waals surface area (Å²) >= 11 is 0. The SMILES string of the molecule is Cc1cc(C)cc(C(=O)N2CCCC(CNC(=O)C3CCCN3)C2)c1. The van der Waals surface area contributed by atoms with E-state index in [1.165, 1.54) is 0 Å². The van der Waals surface area contributed by atoms with Crippen LogP contribution in [0, 0.1) is 19.8 Å². The van der Waals surface area contributed by atoms with Crippen LogP contribution in [0.5, 0.6) is 0 Å². The zero-order valence-electron chi connectivity index (χ0n) is 15.3. The molecular weight excluding hydrogens is 314 g/mol. The topological polar surface area (TPSA) is 61.4 Å². The number of piperidine rings is 1. The van der Waals surface area contributed by atoms with Crippen molar-refractivity contribution < 1.29 is 9.59 Å². The lowest BCUT2D eigenvalue weighted by molar-refractivity contribution is -0.123. The number of rotatable bonds is 4. The molecule has 136 valence electrons.